The van der Waals surface area contributed by atoms with Crippen LogP contribution in [-0.2, 0) is 4.79 Å². The number of amides is 2. The Bertz CT molecular complexity index is 475. The minimum atomic E-state index is -0.426. The van der Waals surface area contributed by atoms with Gasteiger partial charge in [0.15, 0.2) is 0 Å². The van der Waals surface area contributed by atoms with Crippen LogP contribution in [0.25, 0.3) is 0 Å². The third kappa shape index (κ3) is 2.98. The van der Waals surface area contributed by atoms with Gasteiger partial charge in [0.1, 0.15) is 0 Å². The number of hydrogen-bond acceptors (Lipinski definition) is 2. The summed E-state index contributed by atoms with van der Waals surface area (Å²) in [6.07, 6.45) is 1.78. The molecule has 0 saturated heterocycles. The second-order valence-corrected chi connectivity index (χ2v) is 5.05. The maximum atomic E-state index is 11.7. The van der Waals surface area contributed by atoms with E-state index in [2.05, 4.69) is 26.8 Å². The number of hydrogen-bond donors (Lipinski definition) is 2. The van der Waals surface area contributed by atoms with E-state index in [4.69, 9.17) is 11.6 Å². The fourth-order valence-corrected chi connectivity index (χ4v) is 1.89. The first-order valence-corrected chi connectivity index (χ1v) is 6.31. The molecule has 1 aliphatic carbocycles. The lowest BCUT2D eigenvalue weighted by atomic mass is 10.2. The summed E-state index contributed by atoms with van der Waals surface area (Å²) in [5, 5.41) is 0.325. The summed E-state index contributed by atoms with van der Waals surface area (Å²) in [4.78, 5) is 23.1. The van der Waals surface area contributed by atoms with Gasteiger partial charge in [0.05, 0.1) is 10.6 Å². The molecule has 0 radical (unpaired) electrons. The van der Waals surface area contributed by atoms with Crippen LogP contribution in [0.4, 0.5) is 0 Å². The zero-order chi connectivity index (χ0) is 12.4. The van der Waals surface area contributed by atoms with Crippen LogP contribution in [0.5, 0.6) is 0 Å². The average Bonchev–Trinajstić information content (AvgIpc) is 3.13. The summed E-state index contributed by atoms with van der Waals surface area (Å²) >= 11 is 9.19. The summed E-state index contributed by atoms with van der Waals surface area (Å²) in [6, 6.07) is 5.03. The SMILES string of the molecule is O=C(NNC(=O)C1CC1)c1cccc(Br)c1Cl. The van der Waals surface area contributed by atoms with Crippen molar-refractivity contribution in [2.24, 2.45) is 5.92 Å². The Morgan fingerprint density at radius 2 is 2.00 bits per heavy atom. The number of nitrogens with one attached hydrogen (secondary N) is 2. The second-order valence-electron chi connectivity index (χ2n) is 3.82. The van der Waals surface area contributed by atoms with Crippen LogP contribution in [0.2, 0.25) is 5.02 Å². The van der Waals surface area contributed by atoms with Crippen LogP contribution in [0.3, 0.4) is 0 Å². The van der Waals surface area contributed by atoms with E-state index in [9.17, 15) is 9.59 Å². The Hall–Kier alpha value is -1.07. The van der Waals surface area contributed by atoms with Gasteiger partial charge in [-0.05, 0) is 40.9 Å². The maximum absolute atomic E-state index is 11.7. The maximum Gasteiger partial charge on any atom is 0.271 e. The van der Waals surface area contributed by atoms with Crippen molar-refractivity contribution in [3.05, 3.63) is 33.3 Å². The van der Waals surface area contributed by atoms with E-state index < -0.39 is 5.91 Å². The Kier molecular flexibility index (Phi) is 3.69. The van der Waals surface area contributed by atoms with Gasteiger partial charge in [-0.1, -0.05) is 17.7 Å². The Labute approximate surface area is 112 Å². The van der Waals surface area contributed by atoms with Crippen LogP contribution in [0.15, 0.2) is 22.7 Å². The average molecular weight is 318 g/mol. The second kappa shape index (κ2) is 5.06. The summed E-state index contributed by atoms with van der Waals surface area (Å²) < 4.78 is 0.639. The molecule has 2 rings (SSSR count). The third-order valence-electron chi connectivity index (χ3n) is 2.44. The van der Waals surface area contributed by atoms with E-state index in [1.54, 1.807) is 18.2 Å². The zero-order valence-corrected chi connectivity index (χ0v) is 11.1. The molecule has 1 aromatic carbocycles. The summed E-state index contributed by atoms with van der Waals surface area (Å²) in [7, 11) is 0. The molecule has 90 valence electrons. The summed E-state index contributed by atoms with van der Waals surface area (Å²) in [5.41, 5.74) is 5.04. The lowest BCUT2D eigenvalue weighted by Crippen LogP contribution is -2.42. The Balaban J connectivity index is 1.99. The van der Waals surface area contributed by atoms with Gasteiger partial charge in [-0.15, -0.1) is 0 Å². The fourth-order valence-electron chi connectivity index (χ4n) is 1.31. The smallest absolute Gasteiger partial charge is 0.271 e. The molecule has 17 heavy (non-hydrogen) atoms. The largest absolute Gasteiger partial charge is 0.273 e. The topological polar surface area (TPSA) is 58.2 Å². The number of carbonyl (C=O) groups is 2. The van der Waals surface area contributed by atoms with Crippen molar-refractivity contribution in [2.45, 2.75) is 12.8 Å². The minimum absolute atomic E-state index is 0.0493. The molecule has 0 aromatic heterocycles. The molecule has 6 heteroatoms. The molecule has 4 nitrogen and oxygen atoms in total. The summed E-state index contributed by atoms with van der Waals surface area (Å²) in [6.45, 7) is 0. The summed E-state index contributed by atoms with van der Waals surface area (Å²) in [5.74, 6) is -0.525. The van der Waals surface area contributed by atoms with Crippen molar-refractivity contribution in [1.82, 2.24) is 10.9 Å². The van der Waals surface area contributed by atoms with E-state index in [-0.39, 0.29) is 11.8 Å². The van der Waals surface area contributed by atoms with Crippen LogP contribution < -0.4 is 10.9 Å². The number of hydrazine groups is 1. The van der Waals surface area contributed by atoms with E-state index in [1.165, 1.54) is 0 Å². The molecule has 1 aliphatic rings. The lowest BCUT2D eigenvalue weighted by molar-refractivity contribution is -0.123. The monoisotopic (exact) mass is 316 g/mol. The van der Waals surface area contributed by atoms with E-state index in [0.717, 1.165) is 12.8 Å². The molecular formula is C11H10BrClN2O2. The van der Waals surface area contributed by atoms with Crippen LogP contribution in [0, 0.1) is 5.92 Å². The van der Waals surface area contributed by atoms with Crippen LogP contribution in [0.1, 0.15) is 23.2 Å². The molecular weight excluding hydrogens is 307 g/mol. The predicted octanol–water partition coefficient (Wildman–Crippen LogP) is 2.27. The molecule has 2 amide bonds. The van der Waals surface area contributed by atoms with Crippen molar-refractivity contribution in [3.8, 4) is 0 Å². The van der Waals surface area contributed by atoms with Gasteiger partial charge in [-0.3, -0.25) is 20.4 Å². The van der Waals surface area contributed by atoms with Crippen molar-refractivity contribution < 1.29 is 9.59 Å². The highest BCUT2D eigenvalue weighted by molar-refractivity contribution is 9.10. The lowest BCUT2D eigenvalue weighted by Gasteiger charge is -2.08. The third-order valence-corrected chi connectivity index (χ3v) is 3.74. The van der Waals surface area contributed by atoms with E-state index >= 15 is 0 Å². The molecule has 0 bridgehead atoms. The molecule has 1 saturated carbocycles. The molecule has 0 unspecified atom stereocenters. The van der Waals surface area contributed by atoms with Gasteiger partial charge in [0, 0.05) is 10.4 Å². The van der Waals surface area contributed by atoms with Crippen molar-refractivity contribution >= 4 is 39.3 Å². The van der Waals surface area contributed by atoms with Crippen molar-refractivity contribution in [3.63, 3.8) is 0 Å². The van der Waals surface area contributed by atoms with E-state index in [1.807, 2.05) is 0 Å². The van der Waals surface area contributed by atoms with Crippen LogP contribution in [-0.4, -0.2) is 11.8 Å². The van der Waals surface area contributed by atoms with Crippen molar-refractivity contribution in [1.29, 1.82) is 0 Å². The quantitative estimate of drug-likeness (QED) is 0.822. The predicted molar refractivity (Wildman–Crippen MR) is 67.5 cm³/mol. The van der Waals surface area contributed by atoms with Gasteiger partial charge in [-0.25, -0.2) is 0 Å². The molecule has 0 spiro atoms. The van der Waals surface area contributed by atoms with Gasteiger partial charge in [-0.2, -0.15) is 0 Å². The van der Waals surface area contributed by atoms with Crippen molar-refractivity contribution in [2.75, 3.05) is 0 Å². The van der Waals surface area contributed by atoms with E-state index in [0.29, 0.717) is 15.1 Å². The standard InChI is InChI=1S/C11H10BrClN2O2/c12-8-3-1-2-7(9(8)13)11(17)15-14-10(16)6-4-5-6/h1-3,6H,4-5H2,(H,14,16)(H,15,17). The first-order chi connectivity index (χ1) is 8.09. The number of benzene rings is 1. The van der Waals surface area contributed by atoms with Gasteiger partial charge >= 0.3 is 0 Å². The molecule has 1 fully saturated rings. The highest BCUT2D eigenvalue weighted by atomic mass is 79.9. The number of carbonyl (C=O) groups excluding carboxylic acids is 2. The Morgan fingerprint density at radius 1 is 1.29 bits per heavy atom. The highest BCUT2D eigenvalue weighted by Gasteiger charge is 2.29. The molecule has 0 atom stereocenters. The zero-order valence-electron chi connectivity index (χ0n) is 8.80. The first-order valence-electron chi connectivity index (χ1n) is 5.14. The number of rotatable bonds is 2. The van der Waals surface area contributed by atoms with Crippen LogP contribution >= 0.6 is 27.5 Å². The minimum Gasteiger partial charge on any atom is -0.273 e. The molecule has 0 heterocycles. The molecule has 2 N–H and O–H groups in total. The van der Waals surface area contributed by atoms with Gasteiger partial charge < -0.3 is 0 Å². The van der Waals surface area contributed by atoms with Gasteiger partial charge in [0.2, 0.25) is 5.91 Å². The normalized spacial score (nSPS) is 14.2. The first kappa shape index (κ1) is 12.4. The fraction of sp³-hybridized carbons (Fsp3) is 0.273. The molecule has 1 aromatic rings. The Morgan fingerprint density at radius 3 is 2.65 bits per heavy atom. The highest BCUT2D eigenvalue weighted by Crippen LogP contribution is 2.28. The number of halogens is 2. The van der Waals surface area contributed by atoms with Gasteiger partial charge in [0.25, 0.3) is 5.91 Å². The molecule has 0 aliphatic heterocycles.